The summed E-state index contributed by atoms with van der Waals surface area (Å²) >= 11 is 1.56. The summed E-state index contributed by atoms with van der Waals surface area (Å²) in [5, 5.41) is 3.64. The molecule has 0 aliphatic carbocycles. The lowest BCUT2D eigenvalue weighted by Gasteiger charge is -2.25. The molecule has 4 rings (SSSR count). The first-order chi connectivity index (χ1) is 14.8. The fourth-order valence-electron chi connectivity index (χ4n) is 3.95. The highest BCUT2D eigenvalue weighted by atomic mass is 32.1. The van der Waals surface area contributed by atoms with E-state index in [1.54, 1.807) is 16.2 Å². The van der Waals surface area contributed by atoms with Gasteiger partial charge in [-0.2, -0.15) is 0 Å². The summed E-state index contributed by atoms with van der Waals surface area (Å²) in [5.74, 6) is -0.304. The molecule has 166 valence electrons. The molecule has 8 heteroatoms. The van der Waals surface area contributed by atoms with E-state index in [2.05, 4.69) is 39.5 Å². The lowest BCUT2D eigenvalue weighted by atomic mass is 10.1. The van der Waals surface area contributed by atoms with Crippen molar-refractivity contribution in [2.45, 2.75) is 52.3 Å². The van der Waals surface area contributed by atoms with Gasteiger partial charge in [0.05, 0.1) is 11.6 Å². The van der Waals surface area contributed by atoms with E-state index in [1.165, 1.54) is 10.4 Å². The SMILES string of the molecule is CC(C)(C)OC(=O)N1CC[C@H](C(=O)Nc2nc3c(s2)CN(Cc2ccccc2)CC3)C1. The molecule has 0 saturated carbocycles. The number of anilines is 1. The number of nitrogens with one attached hydrogen (secondary N) is 1. The van der Waals surface area contributed by atoms with Crippen LogP contribution in [0.5, 0.6) is 0 Å². The Morgan fingerprint density at radius 1 is 1.23 bits per heavy atom. The second-order valence-corrected chi connectivity index (χ2v) is 10.3. The number of benzene rings is 1. The first-order valence-corrected chi connectivity index (χ1v) is 11.6. The summed E-state index contributed by atoms with van der Waals surface area (Å²) in [4.78, 5) is 34.9. The summed E-state index contributed by atoms with van der Waals surface area (Å²) < 4.78 is 5.42. The van der Waals surface area contributed by atoms with Crippen LogP contribution in [0.4, 0.5) is 9.93 Å². The lowest BCUT2D eigenvalue weighted by molar-refractivity contribution is -0.119. The predicted octanol–water partition coefficient (Wildman–Crippen LogP) is 3.90. The van der Waals surface area contributed by atoms with Crippen molar-refractivity contribution in [3.63, 3.8) is 0 Å². The molecule has 0 unspecified atom stereocenters. The van der Waals surface area contributed by atoms with Crippen LogP contribution in [-0.4, -0.2) is 52.0 Å². The van der Waals surface area contributed by atoms with Gasteiger partial charge < -0.3 is 15.0 Å². The van der Waals surface area contributed by atoms with E-state index in [1.807, 2.05) is 26.8 Å². The fourth-order valence-corrected chi connectivity index (χ4v) is 5.01. The van der Waals surface area contributed by atoms with E-state index in [-0.39, 0.29) is 17.9 Å². The van der Waals surface area contributed by atoms with Crippen molar-refractivity contribution in [1.82, 2.24) is 14.8 Å². The topological polar surface area (TPSA) is 74.8 Å². The van der Waals surface area contributed by atoms with Gasteiger partial charge in [-0.15, -0.1) is 11.3 Å². The molecule has 0 spiro atoms. The van der Waals surface area contributed by atoms with Gasteiger partial charge in [-0.1, -0.05) is 30.3 Å². The molecule has 2 aromatic rings. The van der Waals surface area contributed by atoms with Crippen molar-refractivity contribution in [3.05, 3.63) is 46.5 Å². The molecule has 3 heterocycles. The molecule has 1 aromatic carbocycles. The number of thiazole rings is 1. The van der Waals surface area contributed by atoms with Crippen LogP contribution in [-0.2, 0) is 29.0 Å². The Morgan fingerprint density at radius 2 is 2.00 bits per heavy atom. The van der Waals surface area contributed by atoms with Gasteiger partial charge in [0.1, 0.15) is 5.60 Å². The number of fused-ring (bicyclic) bond motifs is 1. The quantitative estimate of drug-likeness (QED) is 0.777. The molecular weight excluding hydrogens is 412 g/mol. The Kier molecular flexibility index (Phi) is 6.29. The van der Waals surface area contributed by atoms with Gasteiger partial charge in [0.2, 0.25) is 5.91 Å². The van der Waals surface area contributed by atoms with Crippen molar-refractivity contribution in [2.24, 2.45) is 5.92 Å². The first kappa shape index (κ1) is 21.8. The van der Waals surface area contributed by atoms with Gasteiger partial charge in [0, 0.05) is 44.0 Å². The van der Waals surface area contributed by atoms with Crippen LogP contribution in [0.2, 0.25) is 0 Å². The van der Waals surface area contributed by atoms with Crippen molar-refractivity contribution in [3.8, 4) is 0 Å². The number of aromatic nitrogens is 1. The van der Waals surface area contributed by atoms with E-state index in [0.29, 0.717) is 24.6 Å². The number of rotatable bonds is 4. The van der Waals surface area contributed by atoms with Crippen molar-refractivity contribution in [1.29, 1.82) is 0 Å². The van der Waals surface area contributed by atoms with E-state index in [4.69, 9.17) is 4.74 Å². The number of likely N-dealkylation sites (tertiary alicyclic amines) is 1. The van der Waals surface area contributed by atoms with E-state index in [0.717, 1.165) is 31.7 Å². The second kappa shape index (κ2) is 8.96. The zero-order valence-electron chi connectivity index (χ0n) is 18.4. The molecule has 1 saturated heterocycles. The smallest absolute Gasteiger partial charge is 0.410 e. The molecule has 2 aliphatic heterocycles. The maximum atomic E-state index is 12.8. The van der Waals surface area contributed by atoms with Crippen LogP contribution in [0.15, 0.2) is 30.3 Å². The van der Waals surface area contributed by atoms with Crippen LogP contribution in [0.25, 0.3) is 0 Å². The van der Waals surface area contributed by atoms with Crippen LogP contribution < -0.4 is 5.32 Å². The van der Waals surface area contributed by atoms with Crippen molar-refractivity contribution >= 4 is 28.5 Å². The van der Waals surface area contributed by atoms with Gasteiger partial charge in [-0.05, 0) is 32.8 Å². The molecule has 2 amide bonds. The molecule has 0 radical (unpaired) electrons. The molecule has 7 nitrogen and oxygen atoms in total. The average molecular weight is 443 g/mol. The first-order valence-electron chi connectivity index (χ1n) is 10.8. The van der Waals surface area contributed by atoms with Crippen molar-refractivity contribution < 1.29 is 14.3 Å². The summed E-state index contributed by atoms with van der Waals surface area (Å²) in [5.41, 5.74) is 1.86. The molecule has 1 aromatic heterocycles. The van der Waals surface area contributed by atoms with E-state index < -0.39 is 5.60 Å². The Labute approximate surface area is 187 Å². The molecule has 1 atom stereocenters. The highest BCUT2D eigenvalue weighted by Crippen LogP contribution is 2.30. The van der Waals surface area contributed by atoms with Gasteiger partial charge in [0.25, 0.3) is 0 Å². The van der Waals surface area contributed by atoms with Gasteiger partial charge in [-0.25, -0.2) is 9.78 Å². The third-order valence-electron chi connectivity index (χ3n) is 5.50. The summed E-state index contributed by atoms with van der Waals surface area (Å²) in [7, 11) is 0. The van der Waals surface area contributed by atoms with Crippen LogP contribution in [0.1, 0.15) is 43.3 Å². The van der Waals surface area contributed by atoms with Crippen LogP contribution in [0, 0.1) is 5.92 Å². The van der Waals surface area contributed by atoms with Gasteiger partial charge >= 0.3 is 6.09 Å². The molecule has 1 fully saturated rings. The minimum atomic E-state index is -0.536. The molecule has 2 aliphatic rings. The highest BCUT2D eigenvalue weighted by Gasteiger charge is 2.34. The summed E-state index contributed by atoms with van der Waals surface area (Å²) in [6, 6.07) is 10.5. The molecule has 1 N–H and O–H groups in total. The molecule has 0 bridgehead atoms. The second-order valence-electron chi connectivity index (χ2n) is 9.24. The maximum absolute atomic E-state index is 12.8. The zero-order chi connectivity index (χ0) is 22.0. The summed E-state index contributed by atoms with van der Waals surface area (Å²) in [6.45, 7) is 9.19. The van der Waals surface area contributed by atoms with Gasteiger partial charge in [0.15, 0.2) is 5.13 Å². The number of carbonyl (C=O) groups excluding carboxylic acids is 2. The van der Waals surface area contributed by atoms with Gasteiger partial charge in [-0.3, -0.25) is 9.69 Å². The number of carbonyl (C=O) groups is 2. The standard InChI is InChI=1S/C23H30N4O3S/c1-23(2,3)30-22(29)27-12-9-17(14-27)20(28)25-21-24-18-10-11-26(15-19(18)31-21)13-16-7-5-4-6-8-16/h4-8,17H,9-15H2,1-3H3,(H,24,25,28)/t17-/m0/s1. The fraction of sp³-hybridized carbons (Fsp3) is 0.522. The van der Waals surface area contributed by atoms with E-state index >= 15 is 0 Å². The molecular formula is C23H30N4O3S. The third kappa shape index (κ3) is 5.62. The largest absolute Gasteiger partial charge is 0.444 e. The van der Waals surface area contributed by atoms with Crippen LogP contribution >= 0.6 is 11.3 Å². The Balaban J connectivity index is 1.31. The van der Waals surface area contributed by atoms with Crippen molar-refractivity contribution in [2.75, 3.05) is 25.0 Å². The monoisotopic (exact) mass is 442 g/mol. The molecule has 31 heavy (non-hydrogen) atoms. The Hall–Kier alpha value is -2.45. The normalized spacial score (nSPS) is 19.2. The number of ether oxygens (including phenoxy) is 1. The number of hydrogen-bond acceptors (Lipinski definition) is 6. The van der Waals surface area contributed by atoms with Crippen LogP contribution in [0.3, 0.4) is 0 Å². The number of amides is 2. The number of nitrogens with zero attached hydrogens (tertiary/aromatic N) is 3. The lowest BCUT2D eigenvalue weighted by Crippen LogP contribution is -2.36. The minimum absolute atomic E-state index is 0.0710. The average Bonchev–Trinajstić information content (AvgIpc) is 3.34. The Bertz CT molecular complexity index is 938. The number of hydrogen-bond donors (Lipinski definition) is 1. The Morgan fingerprint density at radius 3 is 2.74 bits per heavy atom. The minimum Gasteiger partial charge on any atom is -0.444 e. The summed E-state index contributed by atoms with van der Waals surface area (Å²) in [6.07, 6.45) is 1.18. The highest BCUT2D eigenvalue weighted by molar-refractivity contribution is 7.15. The van der Waals surface area contributed by atoms with E-state index in [9.17, 15) is 9.59 Å². The zero-order valence-corrected chi connectivity index (χ0v) is 19.2. The predicted molar refractivity (Wildman–Crippen MR) is 121 cm³/mol. The third-order valence-corrected chi connectivity index (χ3v) is 6.50. The maximum Gasteiger partial charge on any atom is 0.410 e.